The minimum atomic E-state index is -0.995. The molecule has 1 aromatic heterocycles. The SMILES string of the molecule is [O-][NH+](O)c1ccn(C[C@@H]2CO2)n1. The van der Waals surface area contributed by atoms with E-state index < -0.39 is 5.23 Å². The minimum Gasteiger partial charge on any atom is -0.594 e. The summed E-state index contributed by atoms with van der Waals surface area (Å²) in [5.74, 6) is 0.0793. The van der Waals surface area contributed by atoms with Crippen LogP contribution in [0.4, 0.5) is 5.82 Å². The molecule has 0 radical (unpaired) electrons. The van der Waals surface area contributed by atoms with E-state index in [2.05, 4.69) is 5.10 Å². The maximum Gasteiger partial charge on any atom is 0.277 e. The molecule has 0 saturated carbocycles. The zero-order chi connectivity index (χ0) is 8.55. The summed E-state index contributed by atoms with van der Waals surface area (Å²) in [5.41, 5.74) is 0. The molecule has 2 heterocycles. The van der Waals surface area contributed by atoms with Crippen molar-refractivity contribution in [1.29, 1.82) is 0 Å². The highest BCUT2D eigenvalue weighted by molar-refractivity contribution is 5.13. The molecule has 2 atom stereocenters. The number of hydrogen-bond acceptors (Lipinski definition) is 4. The van der Waals surface area contributed by atoms with Crippen LogP contribution in [-0.2, 0) is 11.3 Å². The van der Waals surface area contributed by atoms with E-state index in [0.29, 0.717) is 6.54 Å². The van der Waals surface area contributed by atoms with Gasteiger partial charge in [-0.3, -0.25) is 4.68 Å². The summed E-state index contributed by atoms with van der Waals surface area (Å²) in [4.78, 5) is 0. The molecule has 0 bridgehead atoms. The Morgan fingerprint density at radius 3 is 3.17 bits per heavy atom. The van der Waals surface area contributed by atoms with Crippen molar-refractivity contribution >= 4 is 5.82 Å². The molecule has 0 aliphatic carbocycles. The highest BCUT2D eigenvalue weighted by Gasteiger charge is 2.23. The summed E-state index contributed by atoms with van der Waals surface area (Å²) >= 11 is 0. The van der Waals surface area contributed by atoms with Crippen molar-refractivity contribution < 1.29 is 15.2 Å². The Morgan fingerprint density at radius 1 is 1.92 bits per heavy atom. The average molecular weight is 171 g/mol. The molecule has 1 unspecified atom stereocenters. The normalized spacial score (nSPS) is 24.0. The number of quaternary nitrogens is 1. The van der Waals surface area contributed by atoms with E-state index >= 15 is 0 Å². The van der Waals surface area contributed by atoms with Crippen LogP contribution in [0.25, 0.3) is 0 Å². The lowest BCUT2D eigenvalue weighted by Crippen LogP contribution is -2.99. The van der Waals surface area contributed by atoms with Gasteiger partial charge in [-0.25, -0.2) is 5.21 Å². The van der Waals surface area contributed by atoms with Crippen LogP contribution < -0.4 is 5.23 Å². The smallest absolute Gasteiger partial charge is 0.277 e. The summed E-state index contributed by atoms with van der Waals surface area (Å²) in [7, 11) is 0. The Labute approximate surface area is 68.5 Å². The van der Waals surface area contributed by atoms with Crippen molar-refractivity contribution in [3.63, 3.8) is 0 Å². The molecule has 6 heteroatoms. The monoisotopic (exact) mass is 171 g/mol. The average Bonchev–Trinajstić information content (AvgIpc) is 2.66. The molecule has 12 heavy (non-hydrogen) atoms. The van der Waals surface area contributed by atoms with Gasteiger partial charge in [-0.1, -0.05) is 0 Å². The summed E-state index contributed by atoms with van der Waals surface area (Å²) in [6.45, 7) is 1.40. The van der Waals surface area contributed by atoms with E-state index in [0.717, 1.165) is 6.61 Å². The third-order valence-corrected chi connectivity index (χ3v) is 1.65. The van der Waals surface area contributed by atoms with Gasteiger partial charge in [-0.15, -0.1) is 5.10 Å². The summed E-state index contributed by atoms with van der Waals surface area (Å²) in [5, 5.41) is 21.8. The molecule has 6 nitrogen and oxygen atoms in total. The molecule has 1 aliphatic rings. The number of epoxide rings is 1. The molecule has 66 valence electrons. The standard InChI is InChI=1S/C6H9N3O3/c10-9(11)6-1-2-8(7-6)3-5-4-12-5/h1-2,5,9-10H,3-4H2/t5-/m1/s1. The van der Waals surface area contributed by atoms with Crippen LogP contribution in [-0.4, -0.2) is 27.7 Å². The highest BCUT2D eigenvalue weighted by Crippen LogP contribution is 2.11. The van der Waals surface area contributed by atoms with Gasteiger partial charge in [-0.05, 0) is 0 Å². The first-order valence-corrected chi connectivity index (χ1v) is 3.64. The lowest BCUT2D eigenvalue weighted by atomic mass is 10.5. The predicted octanol–water partition coefficient (Wildman–Crippen LogP) is -1.31. The maximum absolute atomic E-state index is 10.4. The molecular formula is C6H9N3O3. The molecule has 0 aromatic carbocycles. The van der Waals surface area contributed by atoms with Gasteiger partial charge in [0.1, 0.15) is 6.10 Å². The van der Waals surface area contributed by atoms with E-state index in [-0.39, 0.29) is 11.9 Å². The second-order valence-corrected chi connectivity index (χ2v) is 2.68. The fourth-order valence-corrected chi connectivity index (χ4v) is 0.960. The quantitative estimate of drug-likeness (QED) is 0.437. The fourth-order valence-electron chi connectivity index (χ4n) is 0.960. The fraction of sp³-hybridized carbons (Fsp3) is 0.500. The minimum absolute atomic E-state index is 0.0793. The first-order chi connectivity index (χ1) is 5.75. The van der Waals surface area contributed by atoms with E-state index in [1.807, 2.05) is 0 Å². The van der Waals surface area contributed by atoms with Crippen LogP contribution in [0.1, 0.15) is 0 Å². The van der Waals surface area contributed by atoms with Crippen LogP contribution in [0.2, 0.25) is 0 Å². The molecule has 1 fully saturated rings. The number of aromatic nitrogens is 2. The molecule has 0 amide bonds. The zero-order valence-corrected chi connectivity index (χ0v) is 6.30. The topological polar surface area (TPSA) is 78.1 Å². The predicted molar refractivity (Wildman–Crippen MR) is 37.7 cm³/mol. The van der Waals surface area contributed by atoms with Gasteiger partial charge in [0.25, 0.3) is 5.82 Å². The molecular weight excluding hydrogens is 162 g/mol. The van der Waals surface area contributed by atoms with Gasteiger partial charge >= 0.3 is 0 Å². The lowest BCUT2D eigenvalue weighted by Gasteiger charge is -2.06. The van der Waals surface area contributed by atoms with Gasteiger partial charge in [0.05, 0.1) is 13.2 Å². The Balaban J connectivity index is 2.02. The third kappa shape index (κ3) is 1.62. The summed E-state index contributed by atoms with van der Waals surface area (Å²) in [6.07, 6.45) is 1.87. The second kappa shape index (κ2) is 2.83. The molecule has 1 aromatic rings. The van der Waals surface area contributed by atoms with Crippen molar-refractivity contribution in [2.75, 3.05) is 6.61 Å². The summed E-state index contributed by atoms with van der Waals surface area (Å²) in [6, 6.07) is 1.48. The van der Waals surface area contributed by atoms with Gasteiger partial charge < -0.3 is 9.94 Å². The van der Waals surface area contributed by atoms with Crippen LogP contribution in [0.5, 0.6) is 0 Å². The van der Waals surface area contributed by atoms with Crippen LogP contribution >= 0.6 is 0 Å². The van der Waals surface area contributed by atoms with Crippen LogP contribution in [0.15, 0.2) is 12.3 Å². The van der Waals surface area contributed by atoms with E-state index in [4.69, 9.17) is 9.94 Å². The Morgan fingerprint density at radius 2 is 2.67 bits per heavy atom. The van der Waals surface area contributed by atoms with Crippen molar-refractivity contribution in [3.8, 4) is 0 Å². The van der Waals surface area contributed by atoms with E-state index in [9.17, 15) is 5.21 Å². The first-order valence-electron chi connectivity index (χ1n) is 3.64. The number of hydrogen-bond donors (Lipinski definition) is 2. The van der Waals surface area contributed by atoms with Gasteiger partial charge in [0.2, 0.25) is 0 Å². The van der Waals surface area contributed by atoms with Crippen LogP contribution in [0, 0.1) is 5.21 Å². The zero-order valence-electron chi connectivity index (χ0n) is 6.30. The van der Waals surface area contributed by atoms with Crippen molar-refractivity contribution in [2.45, 2.75) is 12.6 Å². The summed E-state index contributed by atoms with van der Waals surface area (Å²) < 4.78 is 6.56. The number of ether oxygens (including phenoxy) is 1. The molecule has 2 rings (SSSR count). The lowest BCUT2D eigenvalue weighted by molar-refractivity contribution is -0.993. The molecule has 2 N–H and O–H groups in total. The second-order valence-electron chi connectivity index (χ2n) is 2.68. The number of nitrogens with one attached hydrogen (secondary N) is 1. The third-order valence-electron chi connectivity index (χ3n) is 1.65. The highest BCUT2D eigenvalue weighted by atomic mass is 16.8. The van der Waals surface area contributed by atoms with Crippen LogP contribution in [0.3, 0.4) is 0 Å². The van der Waals surface area contributed by atoms with E-state index in [1.165, 1.54) is 6.07 Å². The Hall–Kier alpha value is -0.950. The molecule has 1 aliphatic heterocycles. The van der Waals surface area contributed by atoms with Crippen molar-refractivity contribution in [2.24, 2.45) is 0 Å². The van der Waals surface area contributed by atoms with Crippen molar-refractivity contribution in [3.05, 3.63) is 17.5 Å². The Kier molecular flexibility index (Phi) is 1.81. The Bertz CT molecular complexity index is 269. The van der Waals surface area contributed by atoms with Gasteiger partial charge in [0, 0.05) is 12.3 Å². The van der Waals surface area contributed by atoms with Gasteiger partial charge in [0.15, 0.2) is 0 Å². The number of rotatable bonds is 3. The maximum atomic E-state index is 10.4. The van der Waals surface area contributed by atoms with Crippen molar-refractivity contribution in [1.82, 2.24) is 9.78 Å². The van der Waals surface area contributed by atoms with E-state index in [1.54, 1.807) is 10.9 Å². The largest absolute Gasteiger partial charge is 0.594 e. The first kappa shape index (κ1) is 7.69. The molecule has 0 spiro atoms. The van der Waals surface area contributed by atoms with Gasteiger partial charge in [-0.2, -0.15) is 5.23 Å². The number of nitrogens with zero attached hydrogens (tertiary/aromatic N) is 2. The molecule has 1 saturated heterocycles.